The second-order valence-corrected chi connectivity index (χ2v) is 6.00. The van der Waals surface area contributed by atoms with Gasteiger partial charge >= 0.3 is 5.97 Å². The van der Waals surface area contributed by atoms with Gasteiger partial charge in [-0.2, -0.15) is 10.2 Å². The van der Waals surface area contributed by atoms with Crippen molar-refractivity contribution < 1.29 is 19.2 Å². The molecule has 1 fully saturated rings. The molecule has 1 atom stereocenters. The molecule has 3 N–H and O–H groups in total. The van der Waals surface area contributed by atoms with Gasteiger partial charge < -0.3 is 10.1 Å². The number of hydrogen-bond acceptors (Lipinski definition) is 9. The highest BCUT2D eigenvalue weighted by Gasteiger charge is 2.43. The van der Waals surface area contributed by atoms with Gasteiger partial charge in [0.15, 0.2) is 5.92 Å². The number of benzene rings is 2. The molecule has 0 spiro atoms. The first-order valence-corrected chi connectivity index (χ1v) is 8.95. The van der Waals surface area contributed by atoms with Crippen molar-refractivity contribution in [1.82, 2.24) is 5.32 Å². The molecule has 0 aliphatic carbocycles. The number of amidine groups is 1. The fraction of sp³-hybridized carbons (Fsp3) is 0.158. The third-order valence-electron chi connectivity index (χ3n) is 4.02. The summed E-state index contributed by atoms with van der Waals surface area (Å²) >= 11 is 0. The first-order chi connectivity index (χ1) is 14.5. The second-order valence-electron chi connectivity index (χ2n) is 6.00. The van der Waals surface area contributed by atoms with Gasteiger partial charge in [0.1, 0.15) is 17.2 Å². The van der Waals surface area contributed by atoms with E-state index >= 15 is 0 Å². The lowest BCUT2D eigenvalue weighted by Gasteiger charge is -2.10. The molecule has 0 saturated carbocycles. The Kier molecular flexibility index (Phi) is 6.33. The topological polar surface area (TPSA) is 147 Å². The van der Waals surface area contributed by atoms with Crippen molar-refractivity contribution in [2.75, 3.05) is 17.5 Å². The number of amides is 1. The van der Waals surface area contributed by atoms with Crippen LogP contribution in [0.5, 0.6) is 0 Å². The molecule has 3 rings (SSSR count). The normalized spacial score (nSPS) is 18.2. The summed E-state index contributed by atoms with van der Waals surface area (Å²) in [7, 11) is 0. The first kappa shape index (κ1) is 20.5. The Morgan fingerprint density at radius 1 is 1.13 bits per heavy atom. The lowest BCUT2D eigenvalue weighted by molar-refractivity contribution is -0.384. The Hall–Kier alpha value is -4.28. The standard InChI is InChI=1S/C19H18N6O5/c1-2-30-19(27)15-16(23-21-12-8-4-3-5-9-12)18(26)20-17(15)24-22-13-10-6-7-11-14(13)25(28)29/h3-11,15,21-22H,2H2,1H3,(H,20,24,26)/b23-16+/t15-/m0/s1. The first-order valence-electron chi connectivity index (χ1n) is 8.95. The van der Waals surface area contributed by atoms with E-state index in [4.69, 9.17) is 4.74 Å². The summed E-state index contributed by atoms with van der Waals surface area (Å²) in [4.78, 5) is 35.4. The predicted molar refractivity (Wildman–Crippen MR) is 110 cm³/mol. The number of esters is 1. The number of carbonyl (C=O) groups excluding carboxylic acids is 2. The predicted octanol–water partition coefficient (Wildman–Crippen LogP) is 2.10. The van der Waals surface area contributed by atoms with Crippen LogP contribution in [0, 0.1) is 16.0 Å². The van der Waals surface area contributed by atoms with Gasteiger partial charge in [-0.25, -0.2) is 0 Å². The van der Waals surface area contributed by atoms with Crippen molar-refractivity contribution in [1.29, 1.82) is 0 Å². The quantitative estimate of drug-likeness (QED) is 0.360. The molecule has 154 valence electrons. The van der Waals surface area contributed by atoms with Crippen LogP contribution in [-0.4, -0.2) is 35.0 Å². The van der Waals surface area contributed by atoms with Gasteiger partial charge in [-0.15, -0.1) is 0 Å². The molecule has 1 saturated heterocycles. The third-order valence-corrected chi connectivity index (χ3v) is 4.02. The Balaban J connectivity index is 1.90. The summed E-state index contributed by atoms with van der Waals surface area (Å²) in [6.07, 6.45) is 0. The molecule has 2 aromatic carbocycles. The van der Waals surface area contributed by atoms with Crippen molar-refractivity contribution in [2.45, 2.75) is 6.92 Å². The van der Waals surface area contributed by atoms with E-state index in [2.05, 4.69) is 26.4 Å². The van der Waals surface area contributed by atoms with Crippen molar-refractivity contribution in [2.24, 2.45) is 16.1 Å². The number of anilines is 2. The summed E-state index contributed by atoms with van der Waals surface area (Å²) in [5, 5.41) is 21.6. The van der Waals surface area contributed by atoms with Crippen molar-refractivity contribution >= 4 is 40.5 Å². The zero-order valence-electron chi connectivity index (χ0n) is 15.9. The molecule has 0 aromatic heterocycles. The van der Waals surface area contributed by atoms with Crippen LogP contribution >= 0.6 is 0 Å². The van der Waals surface area contributed by atoms with Gasteiger partial charge in [-0.3, -0.25) is 30.6 Å². The minimum Gasteiger partial charge on any atom is -0.465 e. The van der Waals surface area contributed by atoms with Gasteiger partial charge in [0, 0.05) is 6.07 Å². The number of nitrogens with one attached hydrogen (secondary N) is 3. The molecule has 0 bridgehead atoms. The van der Waals surface area contributed by atoms with Crippen molar-refractivity contribution in [3.63, 3.8) is 0 Å². The number of ether oxygens (including phenoxy) is 1. The minimum absolute atomic E-state index is 0.0785. The monoisotopic (exact) mass is 410 g/mol. The van der Waals surface area contributed by atoms with Crippen LogP contribution in [0.1, 0.15) is 6.92 Å². The van der Waals surface area contributed by atoms with Crippen LogP contribution in [0.2, 0.25) is 0 Å². The molecule has 30 heavy (non-hydrogen) atoms. The molecule has 1 aliphatic heterocycles. The van der Waals surface area contributed by atoms with Crippen LogP contribution in [0.4, 0.5) is 17.1 Å². The van der Waals surface area contributed by atoms with Gasteiger partial charge in [0.25, 0.3) is 11.6 Å². The zero-order chi connectivity index (χ0) is 21.5. The lowest BCUT2D eigenvalue weighted by atomic mass is 10.1. The Labute approximate surface area is 171 Å². The molecule has 1 amide bonds. The maximum atomic E-state index is 12.5. The van der Waals surface area contributed by atoms with Gasteiger partial charge in [0.05, 0.1) is 17.2 Å². The van der Waals surface area contributed by atoms with E-state index in [9.17, 15) is 19.7 Å². The molecule has 0 unspecified atom stereocenters. The number of hydrogen-bond donors (Lipinski definition) is 3. The summed E-state index contributed by atoms with van der Waals surface area (Å²) in [5.74, 6) is -2.67. The average Bonchev–Trinajstić information content (AvgIpc) is 3.07. The van der Waals surface area contributed by atoms with E-state index < -0.39 is 22.7 Å². The van der Waals surface area contributed by atoms with E-state index in [1.54, 1.807) is 37.3 Å². The van der Waals surface area contributed by atoms with Crippen LogP contribution in [-0.2, 0) is 14.3 Å². The van der Waals surface area contributed by atoms with E-state index in [-0.39, 0.29) is 29.5 Å². The van der Waals surface area contributed by atoms with E-state index in [1.807, 2.05) is 6.07 Å². The molecular weight excluding hydrogens is 392 g/mol. The minimum atomic E-state index is -1.22. The number of nitro benzene ring substituents is 1. The molecule has 11 nitrogen and oxygen atoms in total. The van der Waals surface area contributed by atoms with E-state index in [1.165, 1.54) is 18.2 Å². The third kappa shape index (κ3) is 4.58. The molecule has 1 heterocycles. The number of para-hydroxylation sites is 3. The van der Waals surface area contributed by atoms with E-state index in [0.717, 1.165) is 0 Å². The maximum Gasteiger partial charge on any atom is 0.323 e. The van der Waals surface area contributed by atoms with Crippen LogP contribution in [0.15, 0.2) is 64.8 Å². The largest absolute Gasteiger partial charge is 0.465 e. The van der Waals surface area contributed by atoms with Crippen molar-refractivity contribution in [3.05, 3.63) is 64.7 Å². The smallest absolute Gasteiger partial charge is 0.323 e. The molecular formula is C19H18N6O5. The van der Waals surface area contributed by atoms with Gasteiger partial charge in [-0.1, -0.05) is 30.3 Å². The zero-order valence-corrected chi connectivity index (χ0v) is 15.9. The maximum absolute atomic E-state index is 12.5. The number of rotatable bonds is 7. The van der Waals surface area contributed by atoms with E-state index in [0.29, 0.717) is 5.69 Å². The molecule has 11 heteroatoms. The SMILES string of the molecule is CCOC(=O)[C@@H]1/C(=N\Nc2ccccc2[N+](=O)[O-])NC(=O)/C1=N/Nc1ccccc1. The molecule has 1 aliphatic rings. The average molecular weight is 410 g/mol. The van der Waals surface area contributed by atoms with Crippen LogP contribution in [0.25, 0.3) is 0 Å². The summed E-state index contributed by atoms with van der Waals surface area (Å²) in [5.41, 5.74) is 5.61. The Morgan fingerprint density at radius 3 is 2.53 bits per heavy atom. The summed E-state index contributed by atoms with van der Waals surface area (Å²) in [6.45, 7) is 1.72. The summed E-state index contributed by atoms with van der Waals surface area (Å²) < 4.78 is 5.04. The van der Waals surface area contributed by atoms with Crippen molar-refractivity contribution in [3.8, 4) is 0 Å². The summed E-state index contributed by atoms with van der Waals surface area (Å²) in [6, 6.07) is 14.7. The number of carbonyl (C=O) groups is 2. The number of hydrazone groups is 2. The fourth-order valence-corrected chi connectivity index (χ4v) is 2.66. The van der Waals surface area contributed by atoms with Gasteiger partial charge in [0.2, 0.25) is 0 Å². The number of nitrogens with zero attached hydrogens (tertiary/aromatic N) is 3. The van der Waals surface area contributed by atoms with Crippen LogP contribution < -0.4 is 16.2 Å². The van der Waals surface area contributed by atoms with Crippen LogP contribution in [0.3, 0.4) is 0 Å². The fourth-order valence-electron chi connectivity index (χ4n) is 2.66. The second kappa shape index (κ2) is 9.28. The number of nitro groups is 1. The van der Waals surface area contributed by atoms with Gasteiger partial charge in [-0.05, 0) is 25.1 Å². The Bertz CT molecular complexity index is 1020. The molecule has 0 radical (unpaired) electrons. The highest BCUT2D eigenvalue weighted by atomic mass is 16.6. The lowest BCUT2D eigenvalue weighted by Crippen LogP contribution is -2.31. The highest BCUT2D eigenvalue weighted by Crippen LogP contribution is 2.23. The molecule has 2 aromatic rings. The Morgan fingerprint density at radius 2 is 1.83 bits per heavy atom. The highest BCUT2D eigenvalue weighted by molar-refractivity contribution is 6.55.